The van der Waals surface area contributed by atoms with Crippen molar-refractivity contribution in [3.63, 3.8) is 0 Å². The summed E-state index contributed by atoms with van der Waals surface area (Å²) in [5.41, 5.74) is 0.0766. The summed E-state index contributed by atoms with van der Waals surface area (Å²) in [7, 11) is 0. The fourth-order valence-corrected chi connectivity index (χ4v) is 1.89. The molecule has 3 nitrogen and oxygen atoms in total. The number of allylic oxidation sites excluding steroid dienone is 1. The van der Waals surface area contributed by atoms with Crippen molar-refractivity contribution in [3.05, 3.63) is 10.6 Å². The molecule has 0 aromatic carbocycles. The van der Waals surface area contributed by atoms with Crippen molar-refractivity contribution in [1.29, 1.82) is 0 Å². The minimum atomic E-state index is 0.0766. The van der Waals surface area contributed by atoms with Crippen LogP contribution in [-0.4, -0.2) is 24.3 Å². The van der Waals surface area contributed by atoms with Crippen LogP contribution in [0.2, 0.25) is 0 Å². The number of nitrogens with zero attached hydrogens (tertiary/aromatic N) is 2. The summed E-state index contributed by atoms with van der Waals surface area (Å²) in [6.45, 7) is 6.45. The Hall–Kier alpha value is -0.640. The van der Waals surface area contributed by atoms with Gasteiger partial charge in [0, 0.05) is 16.1 Å². The molecule has 0 amide bonds. The molecule has 14 heavy (non-hydrogen) atoms. The third-order valence-electron chi connectivity index (χ3n) is 2.29. The molecular formula is C10H14BrN3. The third-order valence-corrected chi connectivity index (χ3v) is 2.75. The van der Waals surface area contributed by atoms with Crippen LogP contribution in [-0.2, 0) is 0 Å². The maximum Gasteiger partial charge on any atom is 0.145 e. The minimum absolute atomic E-state index is 0.0766. The van der Waals surface area contributed by atoms with Crippen molar-refractivity contribution in [2.45, 2.75) is 33.0 Å². The number of hydrogen-bond acceptors (Lipinski definition) is 3. The largest absolute Gasteiger partial charge is 0.350 e. The van der Waals surface area contributed by atoms with Gasteiger partial charge < -0.3 is 5.32 Å². The van der Waals surface area contributed by atoms with Gasteiger partial charge in [0.25, 0.3) is 0 Å². The highest BCUT2D eigenvalue weighted by Crippen LogP contribution is 2.25. The minimum Gasteiger partial charge on any atom is -0.350 e. The summed E-state index contributed by atoms with van der Waals surface area (Å²) in [5, 5.41) is 3.34. The number of aliphatic imine (C=N–C) groups is 2. The van der Waals surface area contributed by atoms with Gasteiger partial charge in [-0.15, -0.1) is 0 Å². The quantitative estimate of drug-likeness (QED) is 0.708. The Morgan fingerprint density at radius 1 is 1.43 bits per heavy atom. The fourth-order valence-electron chi connectivity index (χ4n) is 1.50. The number of hydrogen-bond donors (Lipinski definition) is 1. The monoisotopic (exact) mass is 255 g/mol. The summed E-state index contributed by atoms with van der Waals surface area (Å²) in [4.78, 5) is 8.99. The first-order valence-corrected chi connectivity index (χ1v) is 5.51. The van der Waals surface area contributed by atoms with Crippen LogP contribution in [0.4, 0.5) is 0 Å². The Balaban J connectivity index is 2.23. The van der Waals surface area contributed by atoms with E-state index in [-0.39, 0.29) is 17.6 Å². The topological polar surface area (TPSA) is 36.8 Å². The van der Waals surface area contributed by atoms with E-state index in [2.05, 4.69) is 58.1 Å². The average Bonchev–Trinajstić information content (AvgIpc) is 2.45. The molecular weight excluding hydrogens is 242 g/mol. The van der Waals surface area contributed by atoms with Crippen LogP contribution in [0.1, 0.15) is 20.8 Å². The van der Waals surface area contributed by atoms with Crippen molar-refractivity contribution in [2.75, 3.05) is 0 Å². The molecule has 0 radical (unpaired) electrons. The second kappa shape index (κ2) is 3.19. The first-order valence-electron chi connectivity index (χ1n) is 4.72. The molecule has 2 unspecified atom stereocenters. The molecule has 1 N–H and O–H groups in total. The van der Waals surface area contributed by atoms with Gasteiger partial charge in [0.05, 0.1) is 0 Å². The van der Waals surface area contributed by atoms with E-state index in [1.807, 2.05) is 6.21 Å². The summed E-state index contributed by atoms with van der Waals surface area (Å²) >= 11 is 3.41. The van der Waals surface area contributed by atoms with E-state index >= 15 is 0 Å². The molecule has 2 aliphatic rings. The van der Waals surface area contributed by atoms with Gasteiger partial charge in [0.2, 0.25) is 0 Å². The molecule has 76 valence electrons. The number of halogens is 1. The molecule has 0 aromatic rings. The fraction of sp³-hybridized carbons (Fsp3) is 0.600. The first-order chi connectivity index (χ1) is 6.47. The van der Waals surface area contributed by atoms with Crippen LogP contribution in [0, 0.1) is 5.41 Å². The first kappa shape index (κ1) is 9.90. The highest BCUT2D eigenvalue weighted by atomic mass is 79.9. The normalized spacial score (nSPS) is 30.6. The predicted octanol–water partition coefficient (Wildman–Crippen LogP) is 2.09. The zero-order valence-electron chi connectivity index (χ0n) is 8.58. The van der Waals surface area contributed by atoms with E-state index in [0.717, 1.165) is 10.3 Å². The van der Waals surface area contributed by atoms with Gasteiger partial charge >= 0.3 is 0 Å². The SMILES string of the molecule is CC(C)(C)C1=NC2C=C(Br)C=NC2N1. The van der Waals surface area contributed by atoms with Gasteiger partial charge in [-0.05, 0) is 22.0 Å². The second-order valence-corrected chi connectivity index (χ2v) is 5.55. The zero-order valence-corrected chi connectivity index (χ0v) is 10.2. The molecule has 0 aromatic heterocycles. The van der Waals surface area contributed by atoms with Crippen LogP contribution in [0.3, 0.4) is 0 Å². The Labute approximate surface area is 92.5 Å². The molecule has 0 bridgehead atoms. The second-order valence-electron chi connectivity index (χ2n) is 4.64. The molecule has 2 rings (SSSR count). The molecule has 2 atom stereocenters. The lowest BCUT2D eigenvalue weighted by Gasteiger charge is -2.20. The highest BCUT2D eigenvalue weighted by molar-refractivity contribution is 9.12. The lowest BCUT2D eigenvalue weighted by molar-refractivity contribution is 0.554. The van der Waals surface area contributed by atoms with Crippen molar-refractivity contribution < 1.29 is 0 Å². The van der Waals surface area contributed by atoms with Gasteiger partial charge in [-0.25, -0.2) is 0 Å². The Morgan fingerprint density at radius 3 is 2.79 bits per heavy atom. The van der Waals surface area contributed by atoms with Crippen molar-refractivity contribution in [2.24, 2.45) is 15.4 Å². The van der Waals surface area contributed by atoms with E-state index in [1.165, 1.54) is 0 Å². The number of dihydropyridines is 1. The molecule has 0 aliphatic carbocycles. The van der Waals surface area contributed by atoms with Crippen molar-refractivity contribution in [1.82, 2.24) is 5.32 Å². The molecule has 0 fully saturated rings. The molecule has 0 saturated heterocycles. The maximum atomic E-state index is 4.62. The van der Waals surface area contributed by atoms with Crippen LogP contribution >= 0.6 is 15.9 Å². The summed E-state index contributed by atoms with van der Waals surface area (Å²) in [6, 6.07) is 0.156. The number of rotatable bonds is 0. The molecule has 0 saturated carbocycles. The smallest absolute Gasteiger partial charge is 0.145 e. The third kappa shape index (κ3) is 1.75. The van der Waals surface area contributed by atoms with E-state index < -0.39 is 0 Å². The van der Waals surface area contributed by atoms with Crippen LogP contribution in [0.5, 0.6) is 0 Å². The van der Waals surface area contributed by atoms with Gasteiger partial charge in [0.15, 0.2) is 0 Å². The molecule has 2 aliphatic heterocycles. The van der Waals surface area contributed by atoms with Crippen LogP contribution in [0.15, 0.2) is 20.5 Å². The standard InChI is InChI=1S/C10H14BrN3/c1-10(2,3)9-13-7-4-6(11)5-12-8(7)14-9/h4-5,7-8H,1-3H3,(H,13,14). The van der Waals surface area contributed by atoms with Crippen molar-refractivity contribution in [3.8, 4) is 0 Å². The lowest BCUT2D eigenvalue weighted by Crippen LogP contribution is -2.38. The average molecular weight is 256 g/mol. The van der Waals surface area contributed by atoms with Crippen LogP contribution in [0.25, 0.3) is 0 Å². The number of fused-ring (bicyclic) bond motifs is 1. The number of amidine groups is 1. The van der Waals surface area contributed by atoms with Crippen molar-refractivity contribution >= 4 is 28.0 Å². The summed E-state index contributed by atoms with van der Waals surface area (Å²) < 4.78 is 1.01. The van der Waals surface area contributed by atoms with Gasteiger partial charge in [-0.3, -0.25) is 9.98 Å². The Kier molecular flexibility index (Phi) is 2.26. The predicted molar refractivity (Wildman–Crippen MR) is 63.1 cm³/mol. The highest BCUT2D eigenvalue weighted by Gasteiger charge is 2.33. The lowest BCUT2D eigenvalue weighted by atomic mass is 9.95. The maximum absolute atomic E-state index is 4.62. The Morgan fingerprint density at radius 2 is 2.14 bits per heavy atom. The zero-order chi connectivity index (χ0) is 10.3. The molecule has 2 heterocycles. The molecule has 4 heteroatoms. The van der Waals surface area contributed by atoms with E-state index in [4.69, 9.17) is 0 Å². The van der Waals surface area contributed by atoms with E-state index in [9.17, 15) is 0 Å². The van der Waals surface area contributed by atoms with Gasteiger partial charge in [0.1, 0.15) is 18.0 Å². The number of nitrogens with one attached hydrogen (secondary N) is 1. The van der Waals surface area contributed by atoms with E-state index in [0.29, 0.717) is 0 Å². The van der Waals surface area contributed by atoms with E-state index in [1.54, 1.807) is 0 Å². The Bertz CT molecular complexity index is 336. The van der Waals surface area contributed by atoms with Gasteiger partial charge in [-0.1, -0.05) is 20.8 Å². The van der Waals surface area contributed by atoms with Gasteiger partial charge in [-0.2, -0.15) is 0 Å². The molecule has 0 spiro atoms. The summed E-state index contributed by atoms with van der Waals surface area (Å²) in [5.74, 6) is 1.04. The summed E-state index contributed by atoms with van der Waals surface area (Å²) in [6.07, 6.45) is 4.02. The van der Waals surface area contributed by atoms with Crippen LogP contribution < -0.4 is 5.32 Å².